The van der Waals surface area contributed by atoms with Crippen LogP contribution >= 0.6 is 23.1 Å². The number of rotatable bonds is 10. The van der Waals surface area contributed by atoms with Crippen molar-refractivity contribution < 1.29 is 19.1 Å². The summed E-state index contributed by atoms with van der Waals surface area (Å²) in [6.45, 7) is 13.3. The highest BCUT2D eigenvalue weighted by Crippen LogP contribution is 2.19. The highest BCUT2D eigenvalue weighted by atomic mass is 32.2. The summed E-state index contributed by atoms with van der Waals surface area (Å²) in [5, 5.41) is 1.99. The Bertz CT molecular complexity index is 668. The molecule has 0 aromatic carbocycles. The quantitative estimate of drug-likeness (QED) is 0.356. The molecule has 1 aromatic heterocycles. The van der Waals surface area contributed by atoms with Crippen LogP contribution in [0.2, 0.25) is 0 Å². The van der Waals surface area contributed by atoms with Crippen molar-refractivity contribution in [2.24, 2.45) is 0 Å². The minimum Gasteiger partial charge on any atom is -0.448 e. The predicted molar refractivity (Wildman–Crippen MR) is 137 cm³/mol. The largest absolute Gasteiger partial charge is 0.448 e. The van der Waals surface area contributed by atoms with Crippen molar-refractivity contribution in [2.75, 3.05) is 33.0 Å². The second kappa shape index (κ2) is 16.9. The van der Waals surface area contributed by atoms with E-state index in [2.05, 4.69) is 26.8 Å². The van der Waals surface area contributed by atoms with Crippen LogP contribution in [-0.4, -0.2) is 60.6 Å². The number of hydrogen-bond acceptors (Lipinski definition) is 6. The lowest BCUT2D eigenvalue weighted by Gasteiger charge is -2.25. The highest BCUT2D eigenvalue weighted by molar-refractivity contribution is 8.02. The van der Waals surface area contributed by atoms with Crippen molar-refractivity contribution in [1.29, 1.82) is 0 Å². The Labute approximate surface area is 203 Å². The van der Waals surface area contributed by atoms with Gasteiger partial charge in [-0.1, -0.05) is 45.8 Å². The van der Waals surface area contributed by atoms with Crippen LogP contribution in [0.3, 0.4) is 0 Å². The summed E-state index contributed by atoms with van der Waals surface area (Å²) in [7, 11) is 1.63. The molecule has 0 saturated heterocycles. The van der Waals surface area contributed by atoms with Gasteiger partial charge < -0.3 is 14.4 Å². The van der Waals surface area contributed by atoms with Gasteiger partial charge in [-0.15, -0.1) is 23.1 Å². The zero-order valence-electron chi connectivity index (χ0n) is 21.1. The summed E-state index contributed by atoms with van der Waals surface area (Å²) < 4.78 is 10.7. The van der Waals surface area contributed by atoms with E-state index in [1.165, 1.54) is 17.7 Å². The van der Waals surface area contributed by atoms with Gasteiger partial charge in [0.25, 0.3) is 0 Å². The van der Waals surface area contributed by atoms with Crippen LogP contribution in [0.5, 0.6) is 0 Å². The molecular formula is C24H42N2O4S2. The number of amides is 2. The molecule has 8 heteroatoms. The number of carbonyl (C=O) groups excluding carboxylic acids is 2. The molecule has 184 valence electrons. The van der Waals surface area contributed by atoms with E-state index < -0.39 is 11.7 Å². The Morgan fingerprint density at radius 2 is 1.81 bits per heavy atom. The third-order valence-corrected chi connectivity index (χ3v) is 5.76. The zero-order chi connectivity index (χ0) is 24.6. The van der Waals surface area contributed by atoms with Crippen molar-refractivity contribution in [1.82, 2.24) is 9.80 Å². The smallest absolute Gasteiger partial charge is 0.410 e. The van der Waals surface area contributed by atoms with Crippen molar-refractivity contribution in [3.63, 3.8) is 0 Å². The highest BCUT2D eigenvalue weighted by Gasteiger charge is 2.21. The number of hydrogen-bond donors (Lipinski definition) is 0. The first-order chi connectivity index (χ1) is 15.1. The summed E-state index contributed by atoms with van der Waals surface area (Å²) >= 11 is 3.25. The van der Waals surface area contributed by atoms with E-state index in [0.29, 0.717) is 13.1 Å². The SMILES string of the molecule is CC/C=C(/CN(Cc1cccs1)C(=O)OCCN(C)C(=O)OC(C)(C)C)SC.CCCC. The van der Waals surface area contributed by atoms with Gasteiger partial charge in [-0.25, -0.2) is 9.59 Å². The molecule has 0 bridgehead atoms. The fourth-order valence-corrected chi connectivity index (χ4v) is 3.53. The summed E-state index contributed by atoms with van der Waals surface area (Å²) in [4.78, 5) is 29.9. The first kappa shape index (κ1) is 30.3. The Hall–Kier alpha value is -1.67. The molecule has 0 fully saturated rings. The van der Waals surface area contributed by atoms with Gasteiger partial charge in [-0.05, 0) is 44.9 Å². The summed E-state index contributed by atoms with van der Waals surface area (Å²) in [5.41, 5.74) is -0.556. The Morgan fingerprint density at radius 3 is 2.28 bits per heavy atom. The van der Waals surface area contributed by atoms with Crippen molar-refractivity contribution >= 4 is 35.3 Å². The fourth-order valence-electron chi connectivity index (χ4n) is 2.20. The normalized spacial score (nSPS) is 11.3. The zero-order valence-corrected chi connectivity index (χ0v) is 22.7. The number of allylic oxidation sites excluding steroid dienone is 1. The number of likely N-dealkylation sites (N-methyl/N-ethyl adjacent to an activating group) is 1. The van der Waals surface area contributed by atoms with Gasteiger partial charge in [0.1, 0.15) is 12.2 Å². The second-order valence-electron chi connectivity index (χ2n) is 8.23. The number of unbranched alkanes of at least 4 members (excludes halogenated alkanes) is 1. The van der Waals surface area contributed by atoms with Crippen molar-refractivity contribution in [3.8, 4) is 0 Å². The van der Waals surface area contributed by atoms with Gasteiger partial charge in [0.2, 0.25) is 0 Å². The lowest BCUT2D eigenvalue weighted by molar-refractivity contribution is 0.0247. The average molecular weight is 487 g/mol. The van der Waals surface area contributed by atoms with Crippen molar-refractivity contribution in [3.05, 3.63) is 33.4 Å². The van der Waals surface area contributed by atoms with E-state index in [4.69, 9.17) is 9.47 Å². The molecule has 0 spiro atoms. The lowest BCUT2D eigenvalue weighted by Crippen LogP contribution is -2.38. The van der Waals surface area contributed by atoms with Crippen LogP contribution in [0.4, 0.5) is 9.59 Å². The summed E-state index contributed by atoms with van der Waals surface area (Å²) in [6.07, 6.45) is 6.86. The number of carbonyl (C=O) groups is 2. The molecule has 0 radical (unpaired) electrons. The predicted octanol–water partition coefficient (Wildman–Crippen LogP) is 7.02. The molecule has 1 heterocycles. The fraction of sp³-hybridized carbons (Fsp3) is 0.667. The number of ether oxygens (including phenoxy) is 2. The van der Waals surface area contributed by atoms with E-state index >= 15 is 0 Å². The van der Waals surface area contributed by atoms with E-state index in [1.54, 1.807) is 35.0 Å². The molecule has 1 aromatic rings. The maximum Gasteiger partial charge on any atom is 0.410 e. The summed E-state index contributed by atoms with van der Waals surface area (Å²) in [5.74, 6) is 0. The van der Waals surface area contributed by atoms with Gasteiger partial charge in [-0.3, -0.25) is 4.90 Å². The molecule has 0 unspecified atom stereocenters. The third-order valence-electron chi connectivity index (χ3n) is 4.08. The molecule has 0 atom stereocenters. The van der Waals surface area contributed by atoms with E-state index in [9.17, 15) is 9.59 Å². The molecule has 32 heavy (non-hydrogen) atoms. The average Bonchev–Trinajstić information content (AvgIpc) is 3.24. The first-order valence-corrected chi connectivity index (χ1v) is 13.3. The molecule has 1 rings (SSSR count). The Balaban J connectivity index is 0.00000220. The van der Waals surface area contributed by atoms with E-state index in [1.807, 2.05) is 44.5 Å². The maximum absolute atomic E-state index is 12.6. The molecule has 0 N–H and O–H groups in total. The van der Waals surface area contributed by atoms with E-state index in [-0.39, 0.29) is 19.2 Å². The van der Waals surface area contributed by atoms with Gasteiger partial charge >= 0.3 is 12.2 Å². The van der Waals surface area contributed by atoms with Gasteiger partial charge in [-0.2, -0.15) is 0 Å². The molecule has 0 saturated carbocycles. The first-order valence-electron chi connectivity index (χ1n) is 11.2. The van der Waals surface area contributed by atoms with Crippen LogP contribution < -0.4 is 0 Å². The second-order valence-corrected chi connectivity index (χ2v) is 10.2. The topological polar surface area (TPSA) is 59.1 Å². The monoisotopic (exact) mass is 486 g/mol. The van der Waals surface area contributed by atoms with Crippen molar-refractivity contribution in [2.45, 2.75) is 73.0 Å². The van der Waals surface area contributed by atoms with Crippen LogP contribution in [0.25, 0.3) is 0 Å². The third kappa shape index (κ3) is 14.4. The standard InChI is InChI=1S/C20H32N2O4S2.C4H10/c1-7-9-16(27-6)14-22(15-17-10-8-13-28-17)19(24)25-12-11-21(5)18(23)26-20(2,3)4;1-3-4-2/h8-10,13H,7,11-12,14-15H2,1-6H3;3-4H2,1-2H3/b16-9-;. The van der Waals surface area contributed by atoms with Gasteiger partial charge in [0, 0.05) is 16.8 Å². The minimum atomic E-state index is -0.556. The molecule has 0 aliphatic carbocycles. The lowest BCUT2D eigenvalue weighted by atomic mass is 10.2. The number of thiophene rings is 1. The number of nitrogens with zero attached hydrogens (tertiary/aromatic N) is 2. The molecule has 6 nitrogen and oxygen atoms in total. The molecular weight excluding hydrogens is 444 g/mol. The molecule has 0 aliphatic rings. The van der Waals surface area contributed by atoms with Crippen LogP contribution in [0.1, 0.15) is 65.7 Å². The van der Waals surface area contributed by atoms with Crippen LogP contribution in [0, 0.1) is 0 Å². The summed E-state index contributed by atoms with van der Waals surface area (Å²) in [6, 6.07) is 3.97. The van der Waals surface area contributed by atoms with Crippen LogP contribution in [0.15, 0.2) is 28.5 Å². The Morgan fingerprint density at radius 1 is 1.16 bits per heavy atom. The minimum absolute atomic E-state index is 0.113. The van der Waals surface area contributed by atoms with Crippen LogP contribution in [-0.2, 0) is 16.0 Å². The maximum atomic E-state index is 12.6. The van der Waals surface area contributed by atoms with Gasteiger partial charge in [0.15, 0.2) is 0 Å². The molecule has 0 aliphatic heterocycles. The molecule has 2 amide bonds. The van der Waals surface area contributed by atoms with E-state index in [0.717, 1.165) is 16.2 Å². The Kier molecular flexibility index (Phi) is 16.0. The van der Waals surface area contributed by atoms with Gasteiger partial charge in [0.05, 0.1) is 19.6 Å². The number of thioether (sulfide) groups is 1.